The number of hydrogen-bond acceptors (Lipinski definition) is 5. The molecule has 1 amide bonds. The molecular weight excluding hydrogens is 290 g/mol. The third kappa shape index (κ3) is 4.05. The molecule has 4 nitrogen and oxygen atoms in total. The Morgan fingerprint density at radius 3 is 2.55 bits per heavy atom. The molecular formula is C14H17N3OS2. The molecule has 0 atom stereocenters. The van der Waals surface area contributed by atoms with Crippen LogP contribution in [0.25, 0.3) is 0 Å². The van der Waals surface area contributed by atoms with Crippen LogP contribution in [0.2, 0.25) is 0 Å². The van der Waals surface area contributed by atoms with E-state index in [4.69, 9.17) is 0 Å². The van der Waals surface area contributed by atoms with Gasteiger partial charge in [-0.2, -0.15) is 0 Å². The van der Waals surface area contributed by atoms with Crippen molar-refractivity contribution >= 4 is 34.7 Å². The number of thioether (sulfide) groups is 1. The standard InChI is InChI=1S/C14H17N3OS2/c1-9-5-4-6-10(2)13(9)15-12(18)7-8-19-14-17-16-11(3)20-14/h4-6H,7-8H2,1-3H3,(H,15,18). The molecule has 2 rings (SSSR count). The molecule has 2 aromatic rings. The van der Waals surface area contributed by atoms with Crippen molar-refractivity contribution in [1.29, 1.82) is 0 Å². The van der Waals surface area contributed by atoms with E-state index < -0.39 is 0 Å². The van der Waals surface area contributed by atoms with Crippen LogP contribution in [0.5, 0.6) is 0 Å². The molecule has 0 aliphatic carbocycles. The van der Waals surface area contributed by atoms with E-state index in [0.717, 1.165) is 26.2 Å². The molecule has 0 saturated carbocycles. The number of aryl methyl sites for hydroxylation is 3. The smallest absolute Gasteiger partial charge is 0.225 e. The number of hydrogen-bond donors (Lipinski definition) is 1. The minimum atomic E-state index is 0.0381. The monoisotopic (exact) mass is 307 g/mol. The molecule has 0 saturated heterocycles. The molecule has 1 heterocycles. The molecule has 106 valence electrons. The van der Waals surface area contributed by atoms with E-state index in [1.807, 2.05) is 39.0 Å². The highest BCUT2D eigenvalue weighted by Gasteiger charge is 2.08. The quantitative estimate of drug-likeness (QED) is 0.858. The van der Waals surface area contributed by atoms with E-state index in [9.17, 15) is 4.79 Å². The lowest BCUT2D eigenvalue weighted by molar-refractivity contribution is -0.115. The minimum Gasteiger partial charge on any atom is -0.326 e. The van der Waals surface area contributed by atoms with Crippen LogP contribution in [0.3, 0.4) is 0 Å². The van der Waals surface area contributed by atoms with Crippen LogP contribution in [0, 0.1) is 20.8 Å². The lowest BCUT2D eigenvalue weighted by Gasteiger charge is -2.11. The number of benzene rings is 1. The molecule has 0 aliphatic heterocycles. The van der Waals surface area contributed by atoms with E-state index in [1.54, 1.807) is 23.1 Å². The van der Waals surface area contributed by atoms with Crippen molar-refractivity contribution in [2.75, 3.05) is 11.1 Å². The summed E-state index contributed by atoms with van der Waals surface area (Å²) in [5.41, 5.74) is 3.10. The fraction of sp³-hybridized carbons (Fsp3) is 0.357. The normalized spacial score (nSPS) is 10.6. The highest BCUT2D eigenvalue weighted by Crippen LogP contribution is 2.23. The molecule has 0 bridgehead atoms. The molecule has 0 fully saturated rings. The summed E-state index contributed by atoms with van der Waals surface area (Å²) in [6.45, 7) is 5.93. The van der Waals surface area contributed by atoms with Crippen molar-refractivity contribution < 1.29 is 4.79 Å². The Morgan fingerprint density at radius 2 is 1.95 bits per heavy atom. The van der Waals surface area contributed by atoms with Crippen LogP contribution in [-0.2, 0) is 4.79 Å². The van der Waals surface area contributed by atoms with E-state index in [-0.39, 0.29) is 5.91 Å². The van der Waals surface area contributed by atoms with Gasteiger partial charge >= 0.3 is 0 Å². The van der Waals surface area contributed by atoms with Crippen molar-refractivity contribution in [3.8, 4) is 0 Å². The zero-order valence-corrected chi connectivity index (χ0v) is 13.4. The second-order valence-corrected chi connectivity index (χ2v) is 7.02. The summed E-state index contributed by atoms with van der Waals surface area (Å²) in [6, 6.07) is 6.00. The first kappa shape index (κ1) is 15.0. The predicted molar refractivity (Wildman–Crippen MR) is 84.5 cm³/mol. The van der Waals surface area contributed by atoms with Crippen LogP contribution in [0.1, 0.15) is 22.6 Å². The maximum Gasteiger partial charge on any atom is 0.225 e. The Balaban J connectivity index is 1.84. The van der Waals surface area contributed by atoms with Gasteiger partial charge in [-0.15, -0.1) is 10.2 Å². The lowest BCUT2D eigenvalue weighted by atomic mass is 10.1. The summed E-state index contributed by atoms with van der Waals surface area (Å²) in [7, 11) is 0. The number of nitrogens with zero attached hydrogens (tertiary/aromatic N) is 2. The molecule has 0 radical (unpaired) electrons. The van der Waals surface area contributed by atoms with Crippen molar-refractivity contribution in [1.82, 2.24) is 10.2 Å². The molecule has 0 unspecified atom stereocenters. The molecule has 6 heteroatoms. The molecule has 0 spiro atoms. The van der Waals surface area contributed by atoms with Gasteiger partial charge in [-0.1, -0.05) is 41.3 Å². The Bertz CT molecular complexity index is 590. The number of nitrogens with one attached hydrogen (secondary N) is 1. The van der Waals surface area contributed by atoms with E-state index >= 15 is 0 Å². The number of anilines is 1. The van der Waals surface area contributed by atoms with Crippen LogP contribution in [-0.4, -0.2) is 21.9 Å². The first-order valence-corrected chi connectivity index (χ1v) is 8.15. The average molecular weight is 307 g/mol. The van der Waals surface area contributed by atoms with Crippen molar-refractivity contribution in [2.45, 2.75) is 31.5 Å². The summed E-state index contributed by atoms with van der Waals surface area (Å²) in [4.78, 5) is 12.0. The molecule has 0 aliphatic rings. The van der Waals surface area contributed by atoms with Crippen molar-refractivity contribution in [2.24, 2.45) is 0 Å². The third-order valence-electron chi connectivity index (χ3n) is 2.81. The topological polar surface area (TPSA) is 54.9 Å². The van der Waals surface area contributed by atoms with Crippen molar-refractivity contribution in [3.05, 3.63) is 34.3 Å². The SMILES string of the molecule is Cc1nnc(SCCC(=O)Nc2c(C)cccc2C)s1. The number of para-hydroxylation sites is 1. The Labute approximate surface area is 127 Å². The number of aromatic nitrogens is 2. The average Bonchev–Trinajstić information content (AvgIpc) is 2.80. The minimum absolute atomic E-state index is 0.0381. The summed E-state index contributed by atoms with van der Waals surface area (Å²) in [5.74, 6) is 0.752. The number of carbonyl (C=O) groups excluding carboxylic acids is 1. The summed E-state index contributed by atoms with van der Waals surface area (Å²) < 4.78 is 0.919. The lowest BCUT2D eigenvalue weighted by Crippen LogP contribution is -2.14. The second kappa shape index (κ2) is 6.85. The maximum atomic E-state index is 12.0. The Hall–Kier alpha value is -1.40. The van der Waals surface area contributed by atoms with Crippen LogP contribution < -0.4 is 5.32 Å². The zero-order chi connectivity index (χ0) is 14.5. The fourth-order valence-corrected chi connectivity index (χ4v) is 3.61. The summed E-state index contributed by atoms with van der Waals surface area (Å²) >= 11 is 3.13. The highest BCUT2D eigenvalue weighted by atomic mass is 32.2. The van der Waals surface area contributed by atoms with Gasteiger partial charge in [-0.05, 0) is 31.9 Å². The Morgan fingerprint density at radius 1 is 1.25 bits per heavy atom. The fourth-order valence-electron chi connectivity index (χ4n) is 1.78. The van der Waals surface area contributed by atoms with Gasteiger partial charge in [0, 0.05) is 17.9 Å². The van der Waals surface area contributed by atoms with Gasteiger partial charge in [-0.25, -0.2) is 0 Å². The van der Waals surface area contributed by atoms with Gasteiger partial charge in [0.1, 0.15) is 5.01 Å². The summed E-state index contributed by atoms with van der Waals surface area (Å²) in [5, 5.41) is 11.9. The molecule has 1 aromatic carbocycles. The van der Waals surface area contributed by atoms with Gasteiger partial charge in [0.25, 0.3) is 0 Å². The van der Waals surface area contributed by atoms with Crippen molar-refractivity contribution in [3.63, 3.8) is 0 Å². The van der Waals surface area contributed by atoms with Crippen LogP contribution in [0.15, 0.2) is 22.5 Å². The van der Waals surface area contributed by atoms with Gasteiger partial charge in [0.15, 0.2) is 4.34 Å². The number of amides is 1. The number of rotatable bonds is 5. The third-order valence-corrected chi connectivity index (χ3v) is 4.78. The van der Waals surface area contributed by atoms with Crippen LogP contribution >= 0.6 is 23.1 Å². The molecule has 1 N–H and O–H groups in total. The second-order valence-electron chi connectivity index (χ2n) is 4.50. The highest BCUT2D eigenvalue weighted by molar-refractivity contribution is 8.01. The Kier molecular flexibility index (Phi) is 5.14. The zero-order valence-electron chi connectivity index (χ0n) is 11.8. The van der Waals surface area contributed by atoms with E-state index in [0.29, 0.717) is 12.2 Å². The van der Waals surface area contributed by atoms with E-state index in [1.165, 1.54) is 0 Å². The van der Waals surface area contributed by atoms with Gasteiger partial charge < -0.3 is 5.32 Å². The van der Waals surface area contributed by atoms with Crippen LogP contribution in [0.4, 0.5) is 5.69 Å². The predicted octanol–water partition coefficient (Wildman–Crippen LogP) is 3.58. The molecule has 20 heavy (non-hydrogen) atoms. The number of carbonyl (C=O) groups is 1. The maximum absolute atomic E-state index is 12.0. The first-order valence-electron chi connectivity index (χ1n) is 6.35. The first-order chi connectivity index (χ1) is 9.56. The van der Waals surface area contributed by atoms with E-state index in [2.05, 4.69) is 15.5 Å². The van der Waals surface area contributed by atoms with Gasteiger partial charge in [0.2, 0.25) is 5.91 Å². The summed E-state index contributed by atoms with van der Waals surface area (Å²) in [6.07, 6.45) is 0.469. The largest absolute Gasteiger partial charge is 0.326 e. The molecule has 1 aromatic heterocycles. The van der Waals surface area contributed by atoms with Gasteiger partial charge in [-0.3, -0.25) is 4.79 Å². The van der Waals surface area contributed by atoms with Gasteiger partial charge in [0.05, 0.1) is 0 Å².